The van der Waals surface area contributed by atoms with Gasteiger partial charge in [0.2, 0.25) is 0 Å². The lowest BCUT2D eigenvalue weighted by Gasteiger charge is -2.25. The minimum Gasteiger partial charge on any atom is -0.368 e. The largest absolute Gasteiger partial charge is 0.368 e. The van der Waals surface area contributed by atoms with Crippen molar-refractivity contribution in [3.05, 3.63) is 11.3 Å². The van der Waals surface area contributed by atoms with Gasteiger partial charge in [-0.25, -0.2) is 5.84 Å². The van der Waals surface area contributed by atoms with Gasteiger partial charge in [0, 0.05) is 24.9 Å². The van der Waals surface area contributed by atoms with E-state index in [-0.39, 0.29) is 6.04 Å². The molecule has 2 rings (SSSR count). The Labute approximate surface area is 84.2 Å². The van der Waals surface area contributed by atoms with Crippen molar-refractivity contribution in [2.24, 2.45) is 10.8 Å². The number of nitrogens with one attached hydrogen (secondary N) is 1. The maximum Gasteiger partial charge on any atom is 0.127 e. The number of rotatable bonds is 1. The molecule has 5 heteroatoms. The van der Waals surface area contributed by atoms with Gasteiger partial charge in [-0.2, -0.15) is 5.12 Å². The fourth-order valence-electron chi connectivity index (χ4n) is 1.99. The van der Waals surface area contributed by atoms with Crippen molar-refractivity contribution in [1.29, 1.82) is 0 Å². The number of hydrogen-bond acceptors (Lipinski definition) is 5. The molecule has 0 saturated heterocycles. The van der Waals surface area contributed by atoms with E-state index in [1.165, 1.54) is 11.3 Å². The van der Waals surface area contributed by atoms with Crippen LogP contribution in [0.1, 0.15) is 13.8 Å². The maximum atomic E-state index is 5.91. The summed E-state index contributed by atoms with van der Waals surface area (Å²) in [4.78, 5) is 4.43. The summed E-state index contributed by atoms with van der Waals surface area (Å²) in [6, 6.07) is 0.198. The van der Waals surface area contributed by atoms with E-state index >= 15 is 0 Å². The lowest BCUT2D eigenvalue weighted by molar-refractivity contribution is 0.0351. The molecule has 0 amide bonds. The van der Waals surface area contributed by atoms with Crippen molar-refractivity contribution in [2.45, 2.75) is 19.9 Å². The summed E-state index contributed by atoms with van der Waals surface area (Å²) in [5.74, 6) is 6.91. The molecule has 0 aliphatic carbocycles. The van der Waals surface area contributed by atoms with E-state index in [1.807, 2.05) is 12.1 Å². The summed E-state index contributed by atoms with van der Waals surface area (Å²) >= 11 is 0. The van der Waals surface area contributed by atoms with Gasteiger partial charge in [-0.1, -0.05) is 0 Å². The van der Waals surface area contributed by atoms with Crippen LogP contribution in [-0.2, 0) is 0 Å². The molecule has 2 aliphatic heterocycles. The zero-order chi connectivity index (χ0) is 10.3. The van der Waals surface area contributed by atoms with Gasteiger partial charge in [-0.3, -0.25) is 10.0 Å². The van der Waals surface area contributed by atoms with E-state index < -0.39 is 0 Å². The number of aliphatic imine (C=N–C) groups is 1. The Morgan fingerprint density at radius 3 is 2.71 bits per heavy atom. The highest BCUT2D eigenvalue weighted by Crippen LogP contribution is 2.25. The van der Waals surface area contributed by atoms with Gasteiger partial charge in [-0.05, 0) is 13.8 Å². The molecule has 14 heavy (non-hydrogen) atoms. The van der Waals surface area contributed by atoms with Crippen LogP contribution in [0.2, 0.25) is 0 Å². The molecule has 78 valence electrons. The van der Waals surface area contributed by atoms with Crippen molar-refractivity contribution in [1.82, 2.24) is 15.4 Å². The second-order valence-electron chi connectivity index (χ2n) is 3.74. The number of hydrazine groups is 2. The Morgan fingerprint density at radius 2 is 2.29 bits per heavy atom. The van der Waals surface area contributed by atoms with Gasteiger partial charge in [-0.15, -0.1) is 0 Å². The van der Waals surface area contributed by atoms with E-state index in [2.05, 4.69) is 24.2 Å². The number of amidine groups is 1. The Morgan fingerprint density at radius 1 is 1.57 bits per heavy atom. The molecule has 0 spiro atoms. The lowest BCUT2D eigenvalue weighted by atomic mass is 10.1. The lowest BCUT2D eigenvalue weighted by Crippen LogP contribution is -2.45. The molecular formula is C9H17N5. The molecule has 2 heterocycles. The van der Waals surface area contributed by atoms with Crippen LogP contribution in [0.5, 0.6) is 0 Å². The Kier molecular flexibility index (Phi) is 2.20. The van der Waals surface area contributed by atoms with E-state index in [1.54, 1.807) is 5.12 Å². The molecule has 0 saturated carbocycles. The zero-order valence-corrected chi connectivity index (χ0v) is 8.91. The van der Waals surface area contributed by atoms with Crippen LogP contribution in [-0.4, -0.2) is 42.1 Å². The molecule has 5 nitrogen and oxygen atoms in total. The molecule has 3 N–H and O–H groups in total. The van der Waals surface area contributed by atoms with Gasteiger partial charge in [0.05, 0.1) is 12.6 Å². The summed E-state index contributed by atoms with van der Waals surface area (Å²) in [6.45, 7) is 5.96. The van der Waals surface area contributed by atoms with E-state index in [0.717, 1.165) is 18.9 Å². The third-order valence-electron chi connectivity index (χ3n) is 2.97. The summed E-state index contributed by atoms with van der Waals surface area (Å²) in [5.41, 5.74) is 2.39. The first kappa shape index (κ1) is 9.48. The Balaban J connectivity index is 2.33. The van der Waals surface area contributed by atoms with E-state index in [9.17, 15) is 0 Å². The van der Waals surface area contributed by atoms with Gasteiger partial charge >= 0.3 is 0 Å². The first-order chi connectivity index (χ1) is 6.63. The van der Waals surface area contributed by atoms with Crippen LogP contribution in [0.4, 0.5) is 0 Å². The third kappa shape index (κ3) is 1.20. The number of nitrogens with zero attached hydrogens (tertiary/aromatic N) is 3. The molecule has 1 unspecified atom stereocenters. The van der Waals surface area contributed by atoms with Crippen LogP contribution in [0.15, 0.2) is 16.3 Å². The van der Waals surface area contributed by atoms with Gasteiger partial charge in [0.15, 0.2) is 0 Å². The van der Waals surface area contributed by atoms with Crippen LogP contribution in [0, 0.1) is 0 Å². The average molecular weight is 195 g/mol. The molecule has 0 aromatic carbocycles. The number of allylic oxidation sites excluding steroid dienone is 1. The molecule has 0 aromatic heterocycles. The van der Waals surface area contributed by atoms with Crippen LogP contribution in [0.3, 0.4) is 0 Å². The second-order valence-corrected chi connectivity index (χ2v) is 3.74. The first-order valence-electron chi connectivity index (χ1n) is 4.90. The van der Waals surface area contributed by atoms with E-state index in [0.29, 0.717) is 0 Å². The molecule has 0 aromatic rings. The van der Waals surface area contributed by atoms with Gasteiger partial charge < -0.3 is 5.32 Å². The Bertz CT molecular complexity index is 306. The summed E-state index contributed by atoms with van der Waals surface area (Å²) < 4.78 is 0. The SMILES string of the molecule is CC1=C(C2=NCCN2)C(C)N(N)N1C. The highest BCUT2D eigenvalue weighted by Gasteiger charge is 2.33. The zero-order valence-electron chi connectivity index (χ0n) is 8.91. The average Bonchev–Trinajstić information content (AvgIpc) is 2.73. The predicted molar refractivity (Wildman–Crippen MR) is 56.3 cm³/mol. The van der Waals surface area contributed by atoms with Gasteiger partial charge in [0.1, 0.15) is 5.84 Å². The highest BCUT2D eigenvalue weighted by molar-refractivity contribution is 6.01. The topological polar surface area (TPSA) is 56.9 Å². The van der Waals surface area contributed by atoms with Crippen molar-refractivity contribution < 1.29 is 0 Å². The minimum atomic E-state index is 0.198. The summed E-state index contributed by atoms with van der Waals surface area (Å²) in [7, 11) is 1.97. The van der Waals surface area contributed by atoms with Gasteiger partial charge in [0.25, 0.3) is 0 Å². The van der Waals surface area contributed by atoms with Crippen molar-refractivity contribution >= 4 is 5.84 Å². The number of hydrogen-bond donors (Lipinski definition) is 2. The van der Waals surface area contributed by atoms with E-state index in [4.69, 9.17) is 5.84 Å². The van der Waals surface area contributed by atoms with Crippen LogP contribution < -0.4 is 11.2 Å². The highest BCUT2D eigenvalue weighted by atomic mass is 15.8. The monoisotopic (exact) mass is 195 g/mol. The Hall–Kier alpha value is -1.07. The molecule has 1 atom stereocenters. The van der Waals surface area contributed by atoms with Crippen LogP contribution in [0.25, 0.3) is 0 Å². The van der Waals surface area contributed by atoms with Crippen molar-refractivity contribution in [3.8, 4) is 0 Å². The fourth-order valence-corrected chi connectivity index (χ4v) is 1.99. The standard InChI is InChI=1S/C9H17N5/c1-6-8(9-11-4-5-12-9)7(2)14(10)13(6)3/h7H,4-5,10H2,1-3H3,(H,11,12). The number of nitrogens with two attached hydrogens (primary N) is 1. The summed E-state index contributed by atoms with van der Waals surface area (Å²) in [6.07, 6.45) is 0. The first-order valence-corrected chi connectivity index (χ1v) is 4.90. The molecule has 0 bridgehead atoms. The third-order valence-corrected chi connectivity index (χ3v) is 2.97. The molecular weight excluding hydrogens is 178 g/mol. The smallest absolute Gasteiger partial charge is 0.127 e. The maximum absolute atomic E-state index is 5.91. The molecule has 0 radical (unpaired) electrons. The predicted octanol–water partition coefficient (Wildman–Crippen LogP) is -0.313. The molecule has 0 fully saturated rings. The molecule has 2 aliphatic rings. The quantitative estimate of drug-likeness (QED) is 0.563. The second kappa shape index (κ2) is 3.25. The van der Waals surface area contributed by atoms with Crippen molar-refractivity contribution in [3.63, 3.8) is 0 Å². The summed E-state index contributed by atoms with van der Waals surface area (Å²) in [5, 5.41) is 6.97. The fraction of sp³-hybridized carbons (Fsp3) is 0.667. The van der Waals surface area contributed by atoms with Crippen molar-refractivity contribution in [2.75, 3.05) is 20.1 Å². The minimum absolute atomic E-state index is 0.198. The normalized spacial score (nSPS) is 28.4. The van der Waals surface area contributed by atoms with Crippen LogP contribution >= 0.6 is 0 Å².